The summed E-state index contributed by atoms with van der Waals surface area (Å²) >= 11 is 0. The van der Waals surface area contributed by atoms with Gasteiger partial charge in [0.15, 0.2) is 9.84 Å². The maximum atomic E-state index is 13.1. The fourth-order valence-electron chi connectivity index (χ4n) is 3.61. The van der Waals surface area contributed by atoms with Gasteiger partial charge in [-0.2, -0.15) is 0 Å². The van der Waals surface area contributed by atoms with E-state index in [1.54, 1.807) is 20.9 Å². The van der Waals surface area contributed by atoms with Gasteiger partial charge in [0.2, 0.25) is 0 Å². The highest BCUT2D eigenvalue weighted by Gasteiger charge is 2.41. The molecule has 1 saturated carbocycles. The molecule has 1 aromatic carbocycles. The second-order valence-electron chi connectivity index (χ2n) is 8.28. The zero-order valence-electron chi connectivity index (χ0n) is 16.9. The first-order valence-corrected chi connectivity index (χ1v) is 11.1. The SMILES string of the molecule is Cc1noc(C)c1Cn1c(=O)c2cc(S(=O)(=O)CC3(C)CC3)ccc2n(C)c1=O. The van der Waals surface area contributed by atoms with Gasteiger partial charge in [0.1, 0.15) is 5.76 Å². The monoisotopic (exact) mass is 417 g/mol. The number of benzene rings is 1. The Morgan fingerprint density at radius 1 is 1.21 bits per heavy atom. The molecule has 0 radical (unpaired) electrons. The maximum Gasteiger partial charge on any atom is 0.331 e. The molecule has 8 nitrogen and oxygen atoms in total. The molecule has 0 atom stereocenters. The molecule has 2 aromatic heterocycles. The maximum absolute atomic E-state index is 13.1. The first kappa shape index (κ1) is 19.6. The molecule has 0 saturated heterocycles. The minimum atomic E-state index is -3.52. The Morgan fingerprint density at radius 2 is 1.90 bits per heavy atom. The second-order valence-corrected chi connectivity index (χ2v) is 10.3. The summed E-state index contributed by atoms with van der Waals surface area (Å²) in [6, 6.07) is 4.39. The van der Waals surface area contributed by atoms with Gasteiger partial charge in [-0.15, -0.1) is 0 Å². The average Bonchev–Trinajstić information content (AvgIpc) is 3.30. The third kappa shape index (κ3) is 3.33. The zero-order valence-corrected chi connectivity index (χ0v) is 17.7. The minimum absolute atomic E-state index is 0.0116. The molecule has 0 unspecified atom stereocenters. The molecule has 4 rings (SSSR count). The van der Waals surface area contributed by atoms with E-state index in [0.29, 0.717) is 22.5 Å². The molecular formula is C20H23N3O5S. The van der Waals surface area contributed by atoms with Crippen molar-refractivity contribution in [1.82, 2.24) is 14.3 Å². The van der Waals surface area contributed by atoms with Crippen LogP contribution in [0.1, 0.15) is 36.8 Å². The highest BCUT2D eigenvalue weighted by molar-refractivity contribution is 7.91. The van der Waals surface area contributed by atoms with E-state index in [1.165, 1.54) is 22.8 Å². The van der Waals surface area contributed by atoms with E-state index in [2.05, 4.69) is 5.16 Å². The molecule has 0 bridgehead atoms. The Balaban J connectivity index is 1.88. The van der Waals surface area contributed by atoms with Gasteiger partial charge in [0.25, 0.3) is 5.56 Å². The van der Waals surface area contributed by atoms with Crippen LogP contribution in [0.4, 0.5) is 0 Å². The van der Waals surface area contributed by atoms with Crippen LogP contribution in [0.25, 0.3) is 10.9 Å². The largest absolute Gasteiger partial charge is 0.361 e. The normalized spacial score (nSPS) is 15.7. The molecule has 0 aliphatic heterocycles. The summed E-state index contributed by atoms with van der Waals surface area (Å²) in [5, 5.41) is 4.06. The van der Waals surface area contributed by atoms with Gasteiger partial charge >= 0.3 is 5.69 Å². The van der Waals surface area contributed by atoms with Crippen molar-refractivity contribution in [1.29, 1.82) is 0 Å². The van der Waals surface area contributed by atoms with Crippen LogP contribution in [0.3, 0.4) is 0 Å². The average molecular weight is 417 g/mol. The van der Waals surface area contributed by atoms with Crippen molar-refractivity contribution in [3.63, 3.8) is 0 Å². The van der Waals surface area contributed by atoms with E-state index in [0.717, 1.165) is 17.4 Å². The lowest BCUT2D eigenvalue weighted by molar-refractivity contribution is 0.392. The summed E-state index contributed by atoms with van der Waals surface area (Å²) in [5.41, 5.74) is 0.466. The Kier molecular flexibility index (Phi) is 4.34. The first-order chi connectivity index (χ1) is 13.5. The molecule has 29 heavy (non-hydrogen) atoms. The van der Waals surface area contributed by atoms with E-state index >= 15 is 0 Å². The van der Waals surface area contributed by atoms with Crippen LogP contribution in [0, 0.1) is 19.3 Å². The van der Waals surface area contributed by atoms with Gasteiger partial charge in [-0.25, -0.2) is 13.2 Å². The molecule has 0 spiro atoms. The number of nitrogens with zero attached hydrogens (tertiary/aromatic N) is 3. The summed E-state index contributed by atoms with van der Waals surface area (Å²) in [4.78, 5) is 26.0. The van der Waals surface area contributed by atoms with Crippen molar-refractivity contribution in [2.24, 2.45) is 12.5 Å². The number of hydrogen-bond donors (Lipinski definition) is 0. The lowest BCUT2D eigenvalue weighted by Gasteiger charge is -2.13. The van der Waals surface area contributed by atoms with E-state index < -0.39 is 21.1 Å². The zero-order chi connectivity index (χ0) is 21.1. The van der Waals surface area contributed by atoms with Gasteiger partial charge in [-0.05, 0) is 50.3 Å². The van der Waals surface area contributed by atoms with Gasteiger partial charge in [0, 0.05) is 12.6 Å². The summed E-state index contributed by atoms with van der Waals surface area (Å²) < 4.78 is 33.2. The molecule has 1 aliphatic carbocycles. The smallest absolute Gasteiger partial charge is 0.331 e. The summed E-state index contributed by atoms with van der Waals surface area (Å²) in [7, 11) is -1.96. The fraction of sp³-hybridized carbons (Fsp3) is 0.450. The molecule has 0 N–H and O–H groups in total. The molecule has 1 fully saturated rings. The van der Waals surface area contributed by atoms with Crippen LogP contribution in [-0.4, -0.2) is 28.5 Å². The predicted molar refractivity (Wildman–Crippen MR) is 108 cm³/mol. The summed E-state index contributed by atoms with van der Waals surface area (Å²) in [5.74, 6) is 0.593. The van der Waals surface area contributed by atoms with Crippen LogP contribution >= 0.6 is 0 Å². The van der Waals surface area contributed by atoms with Crippen molar-refractivity contribution in [3.8, 4) is 0 Å². The molecule has 3 aromatic rings. The standard InChI is InChI=1S/C20H23N3O5S/c1-12-16(13(2)28-21-12)10-23-18(24)15-9-14(5-6-17(15)22(4)19(23)25)29(26,27)11-20(3)7-8-20/h5-6,9H,7-8,10-11H2,1-4H3. The molecular weight excluding hydrogens is 394 g/mol. The van der Waals surface area contributed by atoms with Crippen LogP contribution in [-0.2, 0) is 23.4 Å². The Morgan fingerprint density at radius 3 is 2.48 bits per heavy atom. The number of rotatable bonds is 5. The topological polar surface area (TPSA) is 104 Å². The predicted octanol–water partition coefficient (Wildman–Crippen LogP) is 1.93. The molecule has 0 amide bonds. The highest BCUT2D eigenvalue weighted by Crippen LogP contribution is 2.46. The van der Waals surface area contributed by atoms with E-state index in [4.69, 9.17) is 4.52 Å². The summed E-state index contributed by atoms with van der Waals surface area (Å²) in [6.07, 6.45) is 1.77. The van der Waals surface area contributed by atoms with Crippen LogP contribution in [0.2, 0.25) is 0 Å². The fourth-order valence-corrected chi connectivity index (χ4v) is 5.56. The highest BCUT2D eigenvalue weighted by atomic mass is 32.2. The third-order valence-electron chi connectivity index (χ3n) is 5.82. The number of hydrogen-bond acceptors (Lipinski definition) is 6. The van der Waals surface area contributed by atoms with Crippen molar-refractivity contribution in [3.05, 3.63) is 56.1 Å². The number of aryl methyl sites for hydroxylation is 3. The summed E-state index contributed by atoms with van der Waals surface area (Å²) in [6.45, 7) is 5.42. The van der Waals surface area contributed by atoms with Crippen molar-refractivity contribution in [2.45, 2.75) is 45.1 Å². The number of fused-ring (bicyclic) bond motifs is 1. The Bertz CT molecular complexity index is 1340. The van der Waals surface area contributed by atoms with Crippen LogP contribution < -0.4 is 11.2 Å². The first-order valence-electron chi connectivity index (χ1n) is 9.40. The van der Waals surface area contributed by atoms with Gasteiger partial charge in [-0.3, -0.25) is 13.9 Å². The van der Waals surface area contributed by atoms with Crippen LogP contribution in [0.5, 0.6) is 0 Å². The lowest BCUT2D eigenvalue weighted by atomic mass is 10.2. The second kappa shape index (κ2) is 6.41. The van der Waals surface area contributed by atoms with Gasteiger partial charge < -0.3 is 4.52 Å². The lowest BCUT2D eigenvalue weighted by Crippen LogP contribution is -2.39. The van der Waals surface area contributed by atoms with E-state index in [1.807, 2.05) is 6.92 Å². The molecule has 9 heteroatoms. The van der Waals surface area contributed by atoms with Crippen molar-refractivity contribution in [2.75, 3.05) is 5.75 Å². The quantitative estimate of drug-likeness (QED) is 0.628. The van der Waals surface area contributed by atoms with Crippen LogP contribution in [0.15, 0.2) is 37.2 Å². The molecule has 154 valence electrons. The van der Waals surface area contributed by atoms with Gasteiger partial charge in [-0.1, -0.05) is 12.1 Å². The number of aromatic nitrogens is 3. The van der Waals surface area contributed by atoms with Crippen molar-refractivity contribution >= 4 is 20.7 Å². The Labute approximate surface area is 167 Å². The van der Waals surface area contributed by atoms with Crippen molar-refractivity contribution < 1.29 is 12.9 Å². The Hall–Kier alpha value is -2.68. The molecule has 2 heterocycles. The third-order valence-corrected chi connectivity index (χ3v) is 7.87. The minimum Gasteiger partial charge on any atom is -0.361 e. The van der Waals surface area contributed by atoms with Gasteiger partial charge in [0.05, 0.1) is 33.8 Å². The molecule has 1 aliphatic rings. The van der Waals surface area contributed by atoms with E-state index in [-0.39, 0.29) is 28.0 Å². The van der Waals surface area contributed by atoms with E-state index in [9.17, 15) is 18.0 Å². The number of sulfone groups is 1.